The molecule has 2 atom stereocenters. The summed E-state index contributed by atoms with van der Waals surface area (Å²) in [6, 6.07) is 11.0. The van der Waals surface area contributed by atoms with Crippen LogP contribution in [0.5, 0.6) is 5.75 Å². The van der Waals surface area contributed by atoms with Crippen LogP contribution in [0.25, 0.3) is 0 Å². The standard InChI is InChI=1S/C22H22INO7/c1-3-30-19(10-11-20(27)28)21(17-12-15(23)6-9-18(17)26)31-22(29)24-16-7-4-14(5-8-16)13(2)25/h4-12,19,21,26H,3H2,1-2H3,(H,24,29)(H,27,28)/b11-10+/t19-,21-/m0/s1. The van der Waals surface area contributed by atoms with Crippen molar-refractivity contribution in [3.05, 3.63) is 69.3 Å². The van der Waals surface area contributed by atoms with Gasteiger partial charge in [-0.25, -0.2) is 9.59 Å². The van der Waals surface area contributed by atoms with Crippen molar-refractivity contribution in [3.63, 3.8) is 0 Å². The number of benzene rings is 2. The van der Waals surface area contributed by atoms with E-state index >= 15 is 0 Å². The fraction of sp³-hybridized carbons (Fsp3) is 0.227. The van der Waals surface area contributed by atoms with Crippen molar-refractivity contribution in [2.24, 2.45) is 0 Å². The second kappa shape index (κ2) is 11.5. The van der Waals surface area contributed by atoms with Crippen LogP contribution in [0.3, 0.4) is 0 Å². The number of amides is 1. The first-order valence-electron chi connectivity index (χ1n) is 9.31. The molecule has 0 heterocycles. The van der Waals surface area contributed by atoms with Crippen LogP contribution >= 0.6 is 22.6 Å². The molecule has 2 aromatic carbocycles. The summed E-state index contributed by atoms with van der Waals surface area (Å²) in [4.78, 5) is 35.0. The van der Waals surface area contributed by atoms with Gasteiger partial charge in [0.15, 0.2) is 11.9 Å². The van der Waals surface area contributed by atoms with Crippen LogP contribution in [-0.2, 0) is 14.3 Å². The number of hydrogen-bond donors (Lipinski definition) is 3. The van der Waals surface area contributed by atoms with Gasteiger partial charge in [-0.05, 0) is 85.0 Å². The first kappa shape index (κ1) is 24.4. The van der Waals surface area contributed by atoms with Crippen molar-refractivity contribution < 1.29 is 34.1 Å². The average Bonchev–Trinajstić information content (AvgIpc) is 2.71. The number of carboxylic acids is 1. The predicted molar refractivity (Wildman–Crippen MR) is 122 cm³/mol. The first-order chi connectivity index (χ1) is 14.7. The molecule has 0 aliphatic rings. The number of phenols is 1. The number of carbonyl (C=O) groups excluding carboxylic acids is 2. The summed E-state index contributed by atoms with van der Waals surface area (Å²) in [6.07, 6.45) is -0.782. The highest BCUT2D eigenvalue weighted by molar-refractivity contribution is 14.1. The number of aromatic hydroxyl groups is 1. The van der Waals surface area contributed by atoms with Crippen LogP contribution < -0.4 is 5.32 Å². The molecule has 0 aliphatic heterocycles. The fourth-order valence-corrected chi connectivity index (χ4v) is 3.24. The van der Waals surface area contributed by atoms with Crippen molar-refractivity contribution in [2.75, 3.05) is 11.9 Å². The van der Waals surface area contributed by atoms with Gasteiger partial charge in [0.25, 0.3) is 0 Å². The quantitative estimate of drug-likeness (QED) is 0.243. The molecule has 1 amide bonds. The highest BCUT2D eigenvalue weighted by Crippen LogP contribution is 2.33. The summed E-state index contributed by atoms with van der Waals surface area (Å²) in [7, 11) is 0. The van der Waals surface area contributed by atoms with Gasteiger partial charge in [0, 0.05) is 33.1 Å². The molecule has 8 nitrogen and oxygen atoms in total. The summed E-state index contributed by atoms with van der Waals surface area (Å²) in [6.45, 7) is 3.37. The van der Waals surface area contributed by atoms with Crippen LogP contribution in [0.4, 0.5) is 10.5 Å². The maximum atomic E-state index is 12.6. The molecule has 0 radical (unpaired) electrons. The van der Waals surface area contributed by atoms with E-state index in [2.05, 4.69) is 5.32 Å². The number of rotatable bonds is 9. The fourth-order valence-electron chi connectivity index (χ4n) is 2.73. The van der Waals surface area contributed by atoms with Crippen LogP contribution in [-0.4, -0.2) is 40.8 Å². The number of anilines is 1. The Hall–Kier alpha value is -2.92. The van der Waals surface area contributed by atoms with Gasteiger partial charge in [-0.2, -0.15) is 0 Å². The molecule has 0 unspecified atom stereocenters. The summed E-state index contributed by atoms with van der Waals surface area (Å²) >= 11 is 2.05. The second-order valence-electron chi connectivity index (χ2n) is 6.40. The Morgan fingerprint density at radius 1 is 1.16 bits per heavy atom. The van der Waals surface area contributed by atoms with Crippen molar-refractivity contribution in [3.8, 4) is 5.75 Å². The molecule has 2 aromatic rings. The monoisotopic (exact) mass is 539 g/mol. The van der Waals surface area contributed by atoms with E-state index in [9.17, 15) is 19.5 Å². The Labute approximate surface area is 193 Å². The number of ether oxygens (including phenoxy) is 2. The van der Waals surface area contributed by atoms with Crippen LogP contribution in [0.1, 0.15) is 35.9 Å². The third-order valence-corrected chi connectivity index (χ3v) is 4.82. The van der Waals surface area contributed by atoms with E-state index in [1.165, 1.54) is 19.1 Å². The molecule has 31 heavy (non-hydrogen) atoms. The minimum Gasteiger partial charge on any atom is -0.508 e. The van der Waals surface area contributed by atoms with Gasteiger partial charge < -0.3 is 19.7 Å². The van der Waals surface area contributed by atoms with Crippen molar-refractivity contribution in [1.29, 1.82) is 0 Å². The van der Waals surface area contributed by atoms with Crippen LogP contribution in [0, 0.1) is 3.57 Å². The molecule has 9 heteroatoms. The summed E-state index contributed by atoms with van der Waals surface area (Å²) < 4.78 is 11.9. The van der Waals surface area contributed by atoms with Gasteiger partial charge in [0.05, 0.1) is 0 Å². The number of carboxylic acid groups (broad SMARTS) is 1. The number of ketones is 1. The third kappa shape index (κ3) is 7.37. The van der Waals surface area contributed by atoms with E-state index in [-0.39, 0.29) is 23.7 Å². The molecule has 0 aromatic heterocycles. The number of halogens is 1. The molecule has 0 aliphatic carbocycles. The number of carbonyl (C=O) groups is 3. The van der Waals surface area contributed by atoms with Gasteiger partial charge in [-0.1, -0.05) is 0 Å². The summed E-state index contributed by atoms with van der Waals surface area (Å²) in [5.74, 6) is -1.42. The van der Waals surface area contributed by atoms with Gasteiger partial charge >= 0.3 is 12.1 Å². The summed E-state index contributed by atoms with van der Waals surface area (Å²) in [5.41, 5.74) is 1.16. The van der Waals surface area contributed by atoms with Gasteiger partial charge in [-0.3, -0.25) is 10.1 Å². The van der Waals surface area contributed by atoms with Crippen LogP contribution in [0.15, 0.2) is 54.6 Å². The number of phenolic OH excluding ortho intramolecular Hbond substituents is 1. The van der Waals surface area contributed by atoms with E-state index in [0.717, 1.165) is 9.65 Å². The summed E-state index contributed by atoms with van der Waals surface area (Å²) in [5, 5.41) is 21.9. The van der Waals surface area contributed by atoms with Crippen molar-refractivity contribution in [1.82, 2.24) is 0 Å². The first-order valence-corrected chi connectivity index (χ1v) is 10.4. The van der Waals surface area contributed by atoms with Crippen LogP contribution in [0.2, 0.25) is 0 Å². The maximum Gasteiger partial charge on any atom is 0.412 e. The van der Waals surface area contributed by atoms with E-state index < -0.39 is 24.3 Å². The van der Waals surface area contributed by atoms with Gasteiger partial charge in [0.1, 0.15) is 11.9 Å². The Balaban J connectivity index is 2.32. The SMILES string of the molecule is CCO[C@@H](/C=C/C(=O)O)[C@@H](OC(=O)Nc1ccc(C(C)=O)cc1)c1cc(I)ccc1O. The zero-order chi connectivity index (χ0) is 23.0. The van der Waals surface area contributed by atoms with Gasteiger partial charge in [-0.15, -0.1) is 0 Å². The lowest BCUT2D eigenvalue weighted by Gasteiger charge is -2.26. The number of aliphatic carboxylic acids is 1. The highest BCUT2D eigenvalue weighted by Gasteiger charge is 2.29. The average molecular weight is 539 g/mol. The largest absolute Gasteiger partial charge is 0.508 e. The van der Waals surface area contributed by atoms with E-state index in [0.29, 0.717) is 11.3 Å². The maximum absolute atomic E-state index is 12.6. The van der Waals surface area contributed by atoms with Crippen molar-refractivity contribution in [2.45, 2.75) is 26.1 Å². The van der Waals surface area contributed by atoms with Gasteiger partial charge in [0.2, 0.25) is 0 Å². The molecule has 0 fully saturated rings. The van der Waals surface area contributed by atoms with E-state index in [4.69, 9.17) is 14.6 Å². The van der Waals surface area contributed by atoms with E-state index in [1.54, 1.807) is 43.3 Å². The lowest BCUT2D eigenvalue weighted by Crippen LogP contribution is -2.28. The Morgan fingerprint density at radius 3 is 2.42 bits per heavy atom. The molecule has 0 saturated heterocycles. The Morgan fingerprint density at radius 2 is 1.84 bits per heavy atom. The molecule has 3 N–H and O–H groups in total. The minimum atomic E-state index is -1.19. The molecule has 0 bridgehead atoms. The van der Waals surface area contributed by atoms with E-state index in [1.807, 2.05) is 22.6 Å². The zero-order valence-electron chi connectivity index (χ0n) is 16.9. The minimum absolute atomic E-state index is 0.104. The normalized spacial score (nSPS) is 12.9. The number of nitrogens with one attached hydrogen (secondary N) is 1. The lowest BCUT2D eigenvalue weighted by atomic mass is 10.0. The number of hydrogen-bond acceptors (Lipinski definition) is 6. The predicted octanol–water partition coefficient (Wildman–Crippen LogP) is 4.54. The lowest BCUT2D eigenvalue weighted by molar-refractivity contribution is -0.131. The smallest absolute Gasteiger partial charge is 0.412 e. The molecular weight excluding hydrogens is 517 g/mol. The molecule has 0 spiro atoms. The molecular formula is C22H22INO7. The Bertz CT molecular complexity index is 972. The molecule has 164 valence electrons. The Kier molecular flexibility index (Phi) is 9.01. The topological polar surface area (TPSA) is 122 Å². The zero-order valence-corrected chi connectivity index (χ0v) is 19.0. The second-order valence-corrected chi connectivity index (χ2v) is 7.65. The third-order valence-electron chi connectivity index (χ3n) is 4.15. The number of Topliss-reactive ketones (excluding diaryl/α,β-unsaturated/α-hetero) is 1. The highest BCUT2D eigenvalue weighted by atomic mass is 127. The molecule has 2 rings (SSSR count). The van der Waals surface area contributed by atoms with Crippen molar-refractivity contribution >= 4 is 46.1 Å². The molecule has 0 saturated carbocycles.